The van der Waals surface area contributed by atoms with Gasteiger partial charge < -0.3 is 10.6 Å². The van der Waals surface area contributed by atoms with Gasteiger partial charge in [0.2, 0.25) is 11.8 Å². The van der Waals surface area contributed by atoms with Crippen molar-refractivity contribution in [2.45, 2.75) is 47.1 Å². The van der Waals surface area contributed by atoms with Crippen LogP contribution in [0.2, 0.25) is 0 Å². The fourth-order valence-corrected chi connectivity index (χ4v) is 2.88. The molecule has 1 atom stereocenters. The molecule has 1 heterocycles. The Morgan fingerprint density at radius 2 is 1.72 bits per heavy atom. The van der Waals surface area contributed by atoms with E-state index in [1.54, 1.807) is 0 Å². The smallest absolute Gasteiger partial charge is 0.226 e. The Balaban J connectivity index is 2.17. The summed E-state index contributed by atoms with van der Waals surface area (Å²) in [5.74, 6) is -0.320. The number of carbonyl (C=O) groups excluding carboxylic acids is 2. The first-order valence-corrected chi connectivity index (χ1v) is 8.34. The van der Waals surface area contributed by atoms with Crippen LogP contribution in [-0.4, -0.2) is 16.8 Å². The number of carbonyl (C=O) groups is 2. The molecular formula is C20H25N3O2. The summed E-state index contributed by atoms with van der Waals surface area (Å²) in [4.78, 5) is 28.5. The maximum Gasteiger partial charge on any atom is 0.226 e. The summed E-state index contributed by atoms with van der Waals surface area (Å²) in [5.41, 5.74) is 5.46. The highest BCUT2D eigenvalue weighted by Crippen LogP contribution is 2.22. The largest absolute Gasteiger partial charge is 0.349 e. The average Bonchev–Trinajstić information content (AvgIpc) is 2.50. The molecule has 5 nitrogen and oxygen atoms in total. The molecule has 5 heteroatoms. The molecule has 25 heavy (non-hydrogen) atoms. The summed E-state index contributed by atoms with van der Waals surface area (Å²) < 4.78 is 0. The molecule has 132 valence electrons. The van der Waals surface area contributed by atoms with Gasteiger partial charge in [0, 0.05) is 12.6 Å². The molecule has 2 rings (SSSR count). The van der Waals surface area contributed by atoms with Crippen LogP contribution in [0.5, 0.6) is 0 Å². The van der Waals surface area contributed by atoms with E-state index in [-0.39, 0.29) is 24.3 Å². The highest BCUT2D eigenvalue weighted by atomic mass is 16.2. The van der Waals surface area contributed by atoms with E-state index in [9.17, 15) is 9.59 Å². The lowest BCUT2D eigenvalue weighted by atomic mass is 10.0. The molecule has 2 N–H and O–H groups in total. The number of hydrogen-bond donors (Lipinski definition) is 2. The van der Waals surface area contributed by atoms with Gasteiger partial charge in [0.15, 0.2) is 0 Å². The fraction of sp³-hybridized carbons (Fsp3) is 0.350. The summed E-state index contributed by atoms with van der Waals surface area (Å²) in [6, 6.07) is 9.39. The number of hydrogen-bond acceptors (Lipinski definition) is 3. The van der Waals surface area contributed by atoms with Crippen molar-refractivity contribution in [3.8, 4) is 0 Å². The highest BCUT2D eigenvalue weighted by Gasteiger charge is 2.18. The van der Waals surface area contributed by atoms with Gasteiger partial charge in [-0.2, -0.15) is 0 Å². The zero-order chi connectivity index (χ0) is 18.6. The van der Waals surface area contributed by atoms with Crippen LogP contribution in [0.15, 0.2) is 30.3 Å². The van der Waals surface area contributed by atoms with Gasteiger partial charge in [-0.05, 0) is 44.9 Å². The first-order chi connectivity index (χ1) is 11.8. The Hall–Kier alpha value is -2.69. The highest BCUT2D eigenvalue weighted by molar-refractivity contribution is 5.92. The molecule has 0 aliphatic heterocycles. The molecule has 1 aromatic carbocycles. The van der Waals surface area contributed by atoms with Crippen molar-refractivity contribution in [2.75, 3.05) is 5.32 Å². The minimum atomic E-state index is -0.364. The Bertz CT molecular complexity index is 759. The molecule has 2 amide bonds. The van der Waals surface area contributed by atoms with Crippen LogP contribution in [0, 0.1) is 27.7 Å². The fourth-order valence-electron chi connectivity index (χ4n) is 2.88. The van der Waals surface area contributed by atoms with E-state index in [0.717, 1.165) is 33.8 Å². The molecule has 1 unspecified atom stereocenters. The molecule has 0 aliphatic carbocycles. The molecular weight excluding hydrogens is 314 g/mol. The van der Waals surface area contributed by atoms with Gasteiger partial charge in [-0.25, -0.2) is 0 Å². The van der Waals surface area contributed by atoms with Crippen molar-refractivity contribution in [1.29, 1.82) is 0 Å². The maximum absolute atomic E-state index is 12.5. The van der Waals surface area contributed by atoms with Crippen molar-refractivity contribution in [3.05, 3.63) is 58.4 Å². The van der Waals surface area contributed by atoms with Gasteiger partial charge >= 0.3 is 0 Å². The van der Waals surface area contributed by atoms with Crippen molar-refractivity contribution in [3.63, 3.8) is 0 Å². The third kappa shape index (κ3) is 5.14. The van der Waals surface area contributed by atoms with Crippen molar-refractivity contribution in [1.82, 2.24) is 10.3 Å². The number of rotatable bonds is 5. The van der Waals surface area contributed by atoms with Gasteiger partial charge in [0.25, 0.3) is 0 Å². The zero-order valence-corrected chi connectivity index (χ0v) is 15.4. The Morgan fingerprint density at radius 1 is 1.08 bits per heavy atom. The van der Waals surface area contributed by atoms with E-state index in [1.807, 2.05) is 58.0 Å². The van der Waals surface area contributed by atoms with Crippen molar-refractivity contribution >= 4 is 17.5 Å². The SMILES string of the molecule is CC(=O)NC(CC(=O)Nc1c(C)cc(C)nc1C)c1ccc(C)cc1. The van der Waals surface area contributed by atoms with E-state index in [2.05, 4.69) is 15.6 Å². The third-order valence-electron chi connectivity index (χ3n) is 4.04. The van der Waals surface area contributed by atoms with E-state index in [4.69, 9.17) is 0 Å². The van der Waals surface area contributed by atoms with Crippen LogP contribution in [0.3, 0.4) is 0 Å². The lowest BCUT2D eigenvalue weighted by Gasteiger charge is -2.19. The summed E-state index contributed by atoms with van der Waals surface area (Å²) in [5, 5.41) is 5.79. The number of anilines is 1. The molecule has 0 bridgehead atoms. The Morgan fingerprint density at radius 3 is 2.28 bits per heavy atom. The van der Waals surface area contributed by atoms with Crippen LogP contribution >= 0.6 is 0 Å². The molecule has 0 fully saturated rings. The van der Waals surface area contributed by atoms with E-state index >= 15 is 0 Å². The summed E-state index contributed by atoms with van der Waals surface area (Å²) in [6.07, 6.45) is 0.162. The minimum absolute atomic E-state index is 0.156. The first-order valence-electron chi connectivity index (χ1n) is 8.34. The number of aromatic nitrogens is 1. The van der Waals surface area contributed by atoms with Crippen LogP contribution < -0.4 is 10.6 Å². The maximum atomic E-state index is 12.5. The van der Waals surface area contributed by atoms with Crippen LogP contribution in [0.25, 0.3) is 0 Å². The molecule has 0 saturated heterocycles. The molecule has 2 aromatic rings. The molecule has 1 aromatic heterocycles. The van der Waals surface area contributed by atoms with Crippen LogP contribution in [-0.2, 0) is 9.59 Å². The second-order valence-corrected chi connectivity index (χ2v) is 6.46. The summed E-state index contributed by atoms with van der Waals surface area (Å²) >= 11 is 0. The summed E-state index contributed by atoms with van der Waals surface area (Å²) in [7, 11) is 0. The molecule has 0 spiro atoms. The predicted molar refractivity (Wildman–Crippen MR) is 99.4 cm³/mol. The Kier molecular flexibility index (Phi) is 5.91. The lowest BCUT2D eigenvalue weighted by Crippen LogP contribution is -2.30. The second kappa shape index (κ2) is 7.92. The topological polar surface area (TPSA) is 71.1 Å². The van der Waals surface area contributed by atoms with Gasteiger partial charge in [-0.3, -0.25) is 14.6 Å². The second-order valence-electron chi connectivity index (χ2n) is 6.46. The summed E-state index contributed by atoms with van der Waals surface area (Å²) in [6.45, 7) is 9.20. The monoisotopic (exact) mass is 339 g/mol. The zero-order valence-electron chi connectivity index (χ0n) is 15.4. The van der Waals surface area contributed by atoms with E-state index in [0.29, 0.717) is 0 Å². The van der Waals surface area contributed by atoms with Crippen molar-refractivity contribution < 1.29 is 9.59 Å². The molecule has 0 radical (unpaired) electrons. The molecule has 0 saturated carbocycles. The minimum Gasteiger partial charge on any atom is -0.349 e. The van der Waals surface area contributed by atoms with Crippen LogP contribution in [0.4, 0.5) is 5.69 Å². The van der Waals surface area contributed by atoms with E-state index < -0.39 is 0 Å². The lowest BCUT2D eigenvalue weighted by molar-refractivity contribution is -0.120. The number of aryl methyl sites for hydroxylation is 4. The standard InChI is InChI=1S/C20H25N3O2/c1-12-6-8-17(9-7-12)18(22-16(5)24)11-19(25)23-20-13(2)10-14(3)21-15(20)4/h6-10,18H,11H2,1-5H3,(H,22,24)(H,23,25). The van der Waals surface area contributed by atoms with Crippen molar-refractivity contribution in [2.24, 2.45) is 0 Å². The average molecular weight is 339 g/mol. The van der Waals surface area contributed by atoms with E-state index in [1.165, 1.54) is 6.92 Å². The number of nitrogens with one attached hydrogen (secondary N) is 2. The van der Waals surface area contributed by atoms with Crippen LogP contribution in [0.1, 0.15) is 47.5 Å². The number of amides is 2. The van der Waals surface area contributed by atoms with Gasteiger partial charge in [-0.1, -0.05) is 29.8 Å². The van der Waals surface area contributed by atoms with Gasteiger partial charge in [-0.15, -0.1) is 0 Å². The predicted octanol–water partition coefficient (Wildman–Crippen LogP) is 3.52. The normalized spacial score (nSPS) is 11.7. The Labute approximate surface area is 148 Å². The molecule has 0 aliphatic rings. The van der Waals surface area contributed by atoms with Gasteiger partial charge in [0.1, 0.15) is 0 Å². The third-order valence-corrected chi connectivity index (χ3v) is 4.04. The van der Waals surface area contributed by atoms with Gasteiger partial charge in [0.05, 0.1) is 23.8 Å². The number of nitrogens with zero attached hydrogens (tertiary/aromatic N) is 1. The number of benzene rings is 1. The number of pyridine rings is 1. The first kappa shape index (κ1) is 18.6. The quantitative estimate of drug-likeness (QED) is 0.875.